The number of carbonyl (C=O) groups is 2. The Morgan fingerprint density at radius 1 is 1.47 bits per heavy atom. The number of rotatable bonds is 4. The molecule has 96 valence electrons. The molecule has 2 heterocycles. The first kappa shape index (κ1) is 12.7. The lowest BCUT2D eigenvalue weighted by Gasteiger charge is -2.20. The summed E-state index contributed by atoms with van der Waals surface area (Å²) < 4.78 is 0. The lowest BCUT2D eigenvalue weighted by molar-refractivity contribution is -0.137. The van der Waals surface area contributed by atoms with E-state index in [0.717, 1.165) is 31.1 Å². The lowest BCUT2D eigenvalue weighted by atomic mass is 10.0. The minimum Gasteiger partial charge on any atom is -0.481 e. The number of carboxylic acid groups (broad SMARTS) is 1. The molecule has 6 heteroatoms. The monoisotopic (exact) mass is 258 g/mol. The van der Waals surface area contributed by atoms with E-state index in [-0.39, 0.29) is 18.4 Å². The number of carboxylic acids is 1. The molecule has 0 aromatic carbocycles. The number of amides is 1. The predicted octanol–water partition coefficient (Wildman–Crippen LogP) is 0.362. The van der Waals surface area contributed by atoms with Crippen molar-refractivity contribution in [2.24, 2.45) is 5.92 Å². The SMILES string of the molecule is O=C(O)CCC1CCN(C(=O)C2CSCN2)C1. The van der Waals surface area contributed by atoms with E-state index in [9.17, 15) is 9.59 Å². The zero-order valence-corrected chi connectivity index (χ0v) is 10.5. The number of likely N-dealkylation sites (tertiary alicyclic amines) is 1. The zero-order valence-electron chi connectivity index (χ0n) is 9.72. The highest BCUT2D eigenvalue weighted by molar-refractivity contribution is 7.99. The van der Waals surface area contributed by atoms with Crippen molar-refractivity contribution in [3.63, 3.8) is 0 Å². The molecule has 0 bridgehead atoms. The van der Waals surface area contributed by atoms with E-state index in [1.807, 2.05) is 4.90 Å². The molecule has 2 rings (SSSR count). The van der Waals surface area contributed by atoms with Crippen LogP contribution in [0, 0.1) is 5.92 Å². The standard InChI is InChI=1S/C11H18N2O3S/c14-10(15)2-1-8-3-4-13(5-8)11(16)9-6-17-7-12-9/h8-9,12H,1-7H2,(H,14,15). The molecule has 2 fully saturated rings. The van der Waals surface area contributed by atoms with Crippen LogP contribution in [0.25, 0.3) is 0 Å². The molecule has 0 saturated carbocycles. The highest BCUT2D eigenvalue weighted by atomic mass is 32.2. The average molecular weight is 258 g/mol. The van der Waals surface area contributed by atoms with Crippen molar-refractivity contribution in [2.75, 3.05) is 24.7 Å². The van der Waals surface area contributed by atoms with Gasteiger partial charge in [0.05, 0.1) is 6.04 Å². The molecule has 2 aliphatic heterocycles. The van der Waals surface area contributed by atoms with Crippen LogP contribution in [0.15, 0.2) is 0 Å². The second-order valence-electron chi connectivity index (χ2n) is 4.64. The van der Waals surface area contributed by atoms with Gasteiger partial charge in [0.1, 0.15) is 0 Å². The van der Waals surface area contributed by atoms with Gasteiger partial charge in [-0.3, -0.25) is 14.9 Å². The summed E-state index contributed by atoms with van der Waals surface area (Å²) >= 11 is 1.75. The van der Waals surface area contributed by atoms with Gasteiger partial charge in [0.25, 0.3) is 0 Å². The van der Waals surface area contributed by atoms with Gasteiger partial charge in [-0.1, -0.05) is 0 Å². The van der Waals surface area contributed by atoms with Crippen molar-refractivity contribution in [3.8, 4) is 0 Å². The van der Waals surface area contributed by atoms with Crippen LogP contribution >= 0.6 is 11.8 Å². The van der Waals surface area contributed by atoms with Crippen LogP contribution < -0.4 is 5.32 Å². The molecule has 2 N–H and O–H groups in total. The maximum absolute atomic E-state index is 12.1. The molecule has 2 atom stereocenters. The van der Waals surface area contributed by atoms with E-state index in [4.69, 9.17) is 5.11 Å². The number of hydrogen-bond acceptors (Lipinski definition) is 4. The Hall–Kier alpha value is -0.750. The van der Waals surface area contributed by atoms with Gasteiger partial charge in [0, 0.05) is 31.1 Å². The van der Waals surface area contributed by atoms with Gasteiger partial charge in [0.2, 0.25) is 5.91 Å². The van der Waals surface area contributed by atoms with Crippen LogP contribution in [-0.2, 0) is 9.59 Å². The van der Waals surface area contributed by atoms with Gasteiger partial charge in [-0.05, 0) is 18.8 Å². The van der Waals surface area contributed by atoms with Crippen LogP contribution in [0.4, 0.5) is 0 Å². The first-order chi connectivity index (χ1) is 8.16. The van der Waals surface area contributed by atoms with Crippen molar-refractivity contribution in [3.05, 3.63) is 0 Å². The van der Waals surface area contributed by atoms with E-state index >= 15 is 0 Å². The summed E-state index contributed by atoms with van der Waals surface area (Å²) in [4.78, 5) is 24.4. The fraction of sp³-hybridized carbons (Fsp3) is 0.818. The molecule has 0 spiro atoms. The van der Waals surface area contributed by atoms with Gasteiger partial charge >= 0.3 is 5.97 Å². The summed E-state index contributed by atoms with van der Waals surface area (Å²) in [6.45, 7) is 1.51. The first-order valence-electron chi connectivity index (χ1n) is 5.98. The van der Waals surface area contributed by atoms with Crippen LogP contribution in [-0.4, -0.2) is 52.6 Å². The number of hydrogen-bond donors (Lipinski definition) is 2. The maximum atomic E-state index is 12.1. The second kappa shape index (κ2) is 5.73. The number of nitrogens with one attached hydrogen (secondary N) is 1. The highest BCUT2D eigenvalue weighted by Gasteiger charge is 2.32. The topological polar surface area (TPSA) is 69.6 Å². The van der Waals surface area contributed by atoms with E-state index in [2.05, 4.69) is 5.32 Å². The summed E-state index contributed by atoms with van der Waals surface area (Å²) in [5, 5.41) is 11.8. The largest absolute Gasteiger partial charge is 0.481 e. The molecule has 0 aromatic rings. The van der Waals surface area contributed by atoms with Crippen LogP contribution in [0.2, 0.25) is 0 Å². The van der Waals surface area contributed by atoms with E-state index in [0.29, 0.717) is 12.3 Å². The minimum atomic E-state index is -0.747. The molecule has 0 aromatic heterocycles. The smallest absolute Gasteiger partial charge is 0.303 e. The summed E-state index contributed by atoms with van der Waals surface area (Å²) in [5.41, 5.74) is 0. The first-order valence-corrected chi connectivity index (χ1v) is 7.14. The van der Waals surface area contributed by atoms with Crippen molar-refractivity contribution < 1.29 is 14.7 Å². The molecular formula is C11H18N2O3S. The summed E-state index contributed by atoms with van der Waals surface area (Å²) in [7, 11) is 0. The predicted molar refractivity (Wildman–Crippen MR) is 65.8 cm³/mol. The Bertz CT molecular complexity index is 305. The zero-order chi connectivity index (χ0) is 12.3. The van der Waals surface area contributed by atoms with E-state index < -0.39 is 5.97 Å². The van der Waals surface area contributed by atoms with Crippen LogP contribution in [0.1, 0.15) is 19.3 Å². The van der Waals surface area contributed by atoms with Crippen molar-refractivity contribution >= 4 is 23.6 Å². The Morgan fingerprint density at radius 3 is 2.94 bits per heavy atom. The van der Waals surface area contributed by atoms with Gasteiger partial charge in [-0.2, -0.15) is 0 Å². The van der Waals surface area contributed by atoms with E-state index in [1.54, 1.807) is 11.8 Å². The molecule has 0 radical (unpaired) electrons. The fourth-order valence-corrected chi connectivity index (χ4v) is 3.30. The normalized spacial score (nSPS) is 28.6. The number of nitrogens with zero attached hydrogens (tertiary/aromatic N) is 1. The highest BCUT2D eigenvalue weighted by Crippen LogP contribution is 2.23. The summed E-state index contributed by atoms with van der Waals surface area (Å²) in [5.74, 6) is 1.52. The van der Waals surface area contributed by atoms with Crippen molar-refractivity contribution in [1.82, 2.24) is 10.2 Å². The summed E-state index contributed by atoms with van der Waals surface area (Å²) in [6.07, 6.45) is 1.84. The molecule has 2 saturated heterocycles. The van der Waals surface area contributed by atoms with Crippen molar-refractivity contribution in [1.29, 1.82) is 0 Å². The van der Waals surface area contributed by atoms with Crippen LogP contribution in [0.3, 0.4) is 0 Å². The maximum Gasteiger partial charge on any atom is 0.303 e. The quantitative estimate of drug-likeness (QED) is 0.762. The number of carbonyl (C=O) groups excluding carboxylic acids is 1. The Morgan fingerprint density at radius 2 is 2.29 bits per heavy atom. The molecule has 1 amide bonds. The van der Waals surface area contributed by atoms with Crippen molar-refractivity contribution in [2.45, 2.75) is 25.3 Å². The third-order valence-electron chi connectivity index (χ3n) is 3.38. The number of thioether (sulfide) groups is 1. The molecule has 5 nitrogen and oxygen atoms in total. The van der Waals surface area contributed by atoms with Gasteiger partial charge in [0.15, 0.2) is 0 Å². The van der Waals surface area contributed by atoms with Crippen LogP contribution in [0.5, 0.6) is 0 Å². The Labute approximate surface area is 105 Å². The Kier molecular flexibility index (Phi) is 4.28. The van der Waals surface area contributed by atoms with E-state index in [1.165, 1.54) is 0 Å². The number of aliphatic carboxylic acids is 1. The molecule has 17 heavy (non-hydrogen) atoms. The molecular weight excluding hydrogens is 240 g/mol. The molecule has 2 aliphatic rings. The minimum absolute atomic E-state index is 0.0294. The second-order valence-corrected chi connectivity index (χ2v) is 5.67. The molecule has 0 aliphatic carbocycles. The summed E-state index contributed by atoms with van der Waals surface area (Å²) in [6, 6.07) is -0.0294. The lowest BCUT2D eigenvalue weighted by Crippen LogP contribution is -2.43. The van der Waals surface area contributed by atoms with Gasteiger partial charge in [-0.15, -0.1) is 11.8 Å². The van der Waals surface area contributed by atoms with Gasteiger partial charge < -0.3 is 10.0 Å². The third-order valence-corrected chi connectivity index (χ3v) is 4.32. The van der Waals surface area contributed by atoms with Gasteiger partial charge in [-0.25, -0.2) is 0 Å². The fourth-order valence-electron chi connectivity index (χ4n) is 2.37. The third kappa shape index (κ3) is 3.35. The molecule has 2 unspecified atom stereocenters. The Balaban J connectivity index is 1.76. The average Bonchev–Trinajstić information content (AvgIpc) is 2.97.